The molecule has 3 unspecified atom stereocenters. The zero-order valence-corrected chi connectivity index (χ0v) is 10.6. The van der Waals surface area contributed by atoms with Crippen LogP contribution in [-0.4, -0.2) is 42.3 Å². The van der Waals surface area contributed by atoms with Gasteiger partial charge in [0.1, 0.15) is 5.82 Å². The number of hydrogen-bond donors (Lipinski definition) is 3. The Kier molecular flexibility index (Phi) is 2.69. The maximum absolute atomic E-state index is 14.0. The Morgan fingerprint density at radius 1 is 1.56 bits per heavy atom. The number of nitrogens with one attached hydrogen (secondary N) is 2. The highest BCUT2D eigenvalue weighted by Crippen LogP contribution is 2.29. The SMILES string of the molecule is CC1(F)C=C(N2CC3CCCNC3C2)NC(N)=N1. The highest BCUT2D eigenvalue weighted by atomic mass is 19.1. The van der Waals surface area contributed by atoms with E-state index in [0.717, 1.165) is 25.5 Å². The van der Waals surface area contributed by atoms with E-state index in [1.54, 1.807) is 0 Å². The Hall–Kier alpha value is -1.30. The minimum Gasteiger partial charge on any atom is -0.370 e. The van der Waals surface area contributed by atoms with Crippen molar-refractivity contribution in [3.63, 3.8) is 0 Å². The van der Waals surface area contributed by atoms with Crippen LogP contribution in [0.4, 0.5) is 4.39 Å². The summed E-state index contributed by atoms with van der Waals surface area (Å²) in [6, 6.07) is 0.521. The second-order valence-electron chi connectivity index (χ2n) is 5.54. The fourth-order valence-electron chi connectivity index (χ4n) is 3.13. The number of alkyl halides is 1. The van der Waals surface area contributed by atoms with Crippen LogP contribution in [0.25, 0.3) is 0 Å². The summed E-state index contributed by atoms with van der Waals surface area (Å²) in [6.45, 7) is 4.38. The fraction of sp³-hybridized carbons (Fsp3) is 0.750. The van der Waals surface area contributed by atoms with Crippen LogP contribution in [0.3, 0.4) is 0 Å². The molecule has 3 atom stereocenters. The first-order valence-electron chi connectivity index (χ1n) is 6.56. The van der Waals surface area contributed by atoms with E-state index in [-0.39, 0.29) is 5.96 Å². The zero-order valence-electron chi connectivity index (χ0n) is 10.6. The molecule has 100 valence electrons. The van der Waals surface area contributed by atoms with Crippen molar-refractivity contribution in [1.29, 1.82) is 0 Å². The summed E-state index contributed by atoms with van der Waals surface area (Å²) in [5, 5.41) is 6.50. The Labute approximate surface area is 106 Å². The summed E-state index contributed by atoms with van der Waals surface area (Å²) < 4.78 is 14.0. The summed E-state index contributed by atoms with van der Waals surface area (Å²) in [4.78, 5) is 5.90. The lowest BCUT2D eigenvalue weighted by Crippen LogP contribution is -2.45. The van der Waals surface area contributed by atoms with Gasteiger partial charge >= 0.3 is 0 Å². The molecule has 0 amide bonds. The topological polar surface area (TPSA) is 65.7 Å². The van der Waals surface area contributed by atoms with Crippen molar-refractivity contribution in [3.05, 3.63) is 11.9 Å². The molecule has 0 saturated carbocycles. The van der Waals surface area contributed by atoms with Crippen LogP contribution in [0.15, 0.2) is 16.9 Å². The molecule has 3 aliphatic rings. The fourth-order valence-corrected chi connectivity index (χ4v) is 3.13. The van der Waals surface area contributed by atoms with Crippen LogP contribution in [0.1, 0.15) is 19.8 Å². The minimum absolute atomic E-state index is 0.153. The molecule has 3 rings (SSSR count). The van der Waals surface area contributed by atoms with Gasteiger partial charge < -0.3 is 21.3 Å². The molecule has 0 bridgehead atoms. The van der Waals surface area contributed by atoms with E-state index in [1.165, 1.54) is 25.8 Å². The lowest BCUT2D eigenvalue weighted by atomic mass is 9.94. The van der Waals surface area contributed by atoms with Gasteiger partial charge in [-0.3, -0.25) is 0 Å². The number of guanidine groups is 1. The number of rotatable bonds is 1. The summed E-state index contributed by atoms with van der Waals surface area (Å²) in [7, 11) is 0. The summed E-state index contributed by atoms with van der Waals surface area (Å²) >= 11 is 0. The number of aliphatic imine (C=N–C) groups is 1. The number of halogens is 1. The van der Waals surface area contributed by atoms with Crippen LogP contribution >= 0.6 is 0 Å². The van der Waals surface area contributed by atoms with Gasteiger partial charge in [-0.25, -0.2) is 9.38 Å². The maximum atomic E-state index is 14.0. The van der Waals surface area contributed by atoms with Gasteiger partial charge in [-0.2, -0.15) is 0 Å². The molecule has 4 N–H and O–H groups in total. The smallest absolute Gasteiger partial charge is 0.223 e. The number of nitrogens with zero attached hydrogens (tertiary/aromatic N) is 2. The summed E-state index contributed by atoms with van der Waals surface area (Å²) in [5.41, 5.74) is 5.63. The molecule has 5 nitrogen and oxygen atoms in total. The van der Waals surface area contributed by atoms with E-state index in [0.29, 0.717) is 12.0 Å². The Bertz CT molecular complexity index is 389. The molecule has 0 aliphatic carbocycles. The van der Waals surface area contributed by atoms with Crippen LogP contribution in [0.5, 0.6) is 0 Å². The molecule has 6 heteroatoms. The average molecular weight is 253 g/mol. The Morgan fingerprint density at radius 2 is 2.39 bits per heavy atom. The Balaban J connectivity index is 1.75. The normalized spacial score (nSPS) is 39.8. The first kappa shape index (κ1) is 11.8. The molecular weight excluding hydrogens is 233 g/mol. The summed E-state index contributed by atoms with van der Waals surface area (Å²) in [6.07, 6.45) is 3.99. The van der Waals surface area contributed by atoms with Crippen LogP contribution in [-0.2, 0) is 0 Å². The molecule has 0 aromatic heterocycles. The highest BCUT2D eigenvalue weighted by molar-refractivity contribution is 5.81. The van der Waals surface area contributed by atoms with E-state index in [1.807, 2.05) is 0 Å². The molecule has 0 radical (unpaired) electrons. The largest absolute Gasteiger partial charge is 0.370 e. The number of nitrogens with two attached hydrogens (primary N) is 1. The standard InChI is InChI=1S/C12H20FN5/c1-12(13)5-10(16-11(14)17-12)18-6-8-3-2-4-15-9(8)7-18/h5,8-9,15H,2-4,6-7H2,1H3,(H3,14,16,17). The van der Waals surface area contributed by atoms with Gasteiger partial charge in [-0.1, -0.05) is 0 Å². The van der Waals surface area contributed by atoms with Gasteiger partial charge in [0.2, 0.25) is 5.79 Å². The van der Waals surface area contributed by atoms with Gasteiger partial charge in [0.25, 0.3) is 0 Å². The molecule has 18 heavy (non-hydrogen) atoms. The van der Waals surface area contributed by atoms with E-state index >= 15 is 0 Å². The van der Waals surface area contributed by atoms with Gasteiger partial charge in [0.05, 0.1) is 0 Å². The van der Waals surface area contributed by atoms with Crippen molar-refractivity contribution in [2.45, 2.75) is 31.6 Å². The predicted molar refractivity (Wildman–Crippen MR) is 68.4 cm³/mol. The molecule has 0 aromatic rings. The summed E-state index contributed by atoms with van der Waals surface area (Å²) in [5.74, 6) is -0.136. The predicted octanol–water partition coefficient (Wildman–Crippen LogP) is 0.115. The van der Waals surface area contributed by atoms with Crippen molar-refractivity contribution >= 4 is 5.96 Å². The van der Waals surface area contributed by atoms with Crippen LogP contribution in [0, 0.1) is 5.92 Å². The first-order chi connectivity index (χ1) is 8.53. The maximum Gasteiger partial charge on any atom is 0.223 e. The number of fused-ring (bicyclic) bond motifs is 1. The van der Waals surface area contributed by atoms with Crippen molar-refractivity contribution in [2.75, 3.05) is 19.6 Å². The number of piperidine rings is 1. The van der Waals surface area contributed by atoms with Gasteiger partial charge in [0, 0.05) is 25.2 Å². The average Bonchev–Trinajstić information content (AvgIpc) is 2.69. The van der Waals surface area contributed by atoms with Crippen LogP contribution < -0.4 is 16.4 Å². The van der Waals surface area contributed by atoms with Crippen molar-refractivity contribution in [2.24, 2.45) is 16.6 Å². The van der Waals surface area contributed by atoms with E-state index < -0.39 is 5.79 Å². The third-order valence-corrected chi connectivity index (χ3v) is 3.94. The third kappa shape index (κ3) is 2.16. The van der Waals surface area contributed by atoms with Crippen molar-refractivity contribution in [3.8, 4) is 0 Å². The molecular formula is C12H20FN5. The van der Waals surface area contributed by atoms with Crippen molar-refractivity contribution in [1.82, 2.24) is 15.5 Å². The van der Waals surface area contributed by atoms with E-state index in [9.17, 15) is 4.39 Å². The lowest BCUT2D eigenvalue weighted by Gasteiger charge is -2.28. The number of hydrogen-bond acceptors (Lipinski definition) is 5. The van der Waals surface area contributed by atoms with Gasteiger partial charge in [-0.15, -0.1) is 0 Å². The molecule has 0 aromatic carbocycles. The monoisotopic (exact) mass is 253 g/mol. The Morgan fingerprint density at radius 3 is 3.11 bits per heavy atom. The van der Waals surface area contributed by atoms with Gasteiger partial charge in [-0.05, 0) is 32.2 Å². The lowest BCUT2D eigenvalue weighted by molar-refractivity contribution is 0.253. The molecule has 3 heterocycles. The molecule has 2 fully saturated rings. The van der Waals surface area contributed by atoms with E-state index in [4.69, 9.17) is 5.73 Å². The quantitative estimate of drug-likeness (QED) is 0.581. The first-order valence-corrected chi connectivity index (χ1v) is 6.56. The minimum atomic E-state index is -1.70. The second kappa shape index (κ2) is 4.12. The van der Waals surface area contributed by atoms with Gasteiger partial charge in [0.15, 0.2) is 5.96 Å². The number of likely N-dealkylation sites (tertiary alicyclic amines) is 1. The zero-order chi connectivity index (χ0) is 12.8. The highest BCUT2D eigenvalue weighted by Gasteiger charge is 2.37. The van der Waals surface area contributed by atoms with Crippen molar-refractivity contribution < 1.29 is 4.39 Å². The molecule has 3 aliphatic heterocycles. The van der Waals surface area contributed by atoms with Crippen LogP contribution in [0.2, 0.25) is 0 Å². The van der Waals surface area contributed by atoms with E-state index in [2.05, 4.69) is 20.5 Å². The molecule has 0 spiro atoms. The third-order valence-electron chi connectivity index (χ3n) is 3.94. The molecule has 2 saturated heterocycles. The second-order valence-corrected chi connectivity index (χ2v) is 5.54.